The molecule has 0 aliphatic carbocycles. The van der Waals surface area contributed by atoms with Gasteiger partial charge in [0.1, 0.15) is 0 Å². The zero-order valence-electron chi connectivity index (χ0n) is 9.33. The van der Waals surface area contributed by atoms with Gasteiger partial charge in [-0.3, -0.25) is 4.79 Å². The van der Waals surface area contributed by atoms with E-state index in [1.165, 1.54) is 0 Å². The lowest BCUT2D eigenvalue weighted by molar-refractivity contribution is -0.131. The Morgan fingerprint density at radius 3 is 2.79 bits per heavy atom. The molecule has 1 aliphatic rings. The van der Waals surface area contributed by atoms with E-state index in [4.69, 9.17) is 5.73 Å². The van der Waals surface area contributed by atoms with E-state index < -0.39 is 0 Å². The minimum atomic E-state index is 0.315. The number of nitrogens with two attached hydrogens (primary N) is 1. The fourth-order valence-electron chi connectivity index (χ4n) is 2.13. The molecule has 1 fully saturated rings. The van der Waals surface area contributed by atoms with Crippen molar-refractivity contribution in [3.63, 3.8) is 0 Å². The summed E-state index contributed by atoms with van der Waals surface area (Å²) < 4.78 is 0. The maximum Gasteiger partial charge on any atom is 0.222 e. The molecule has 1 heterocycles. The second-order valence-electron chi connectivity index (χ2n) is 4.34. The van der Waals surface area contributed by atoms with Gasteiger partial charge in [0.25, 0.3) is 0 Å². The Labute approximate surface area is 86.6 Å². The van der Waals surface area contributed by atoms with Crippen LogP contribution in [0.15, 0.2) is 0 Å². The molecular weight excluding hydrogens is 176 g/mol. The summed E-state index contributed by atoms with van der Waals surface area (Å²) in [5, 5.41) is 0. The van der Waals surface area contributed by atoms with Crippen molar-refractivity contribution in [2.24, 2.45) is 11.7 Å². The van der Waals surface area contributed by atoms with Gasteiger partial charge in [0, 0.05) is 19.0 Å². The van der Waals surface area contributed by atoms with Gasteiger partial charge in [0.15, 0.2) is 0 Å². The normalized spacial score (nSPS) is 26.9. The van der Waals surface area contributed by atoms with Gasteiger partial charge in [-0.05, 0) is 32.2 Å². The molecule has 0 saturated carbocycles. The van der Waals surface area contributed by atoms with E-state index >= 15 is 0 Å². The second-order valence-corrected chi connectivity index (χ2v) is 4.34. The number of hydrogen-bond acceptors (Lipinski definition) is 2. The summed E-state index contributed by atoms with van der Waals surface area (Å²) in [5.74, 6) is 0.839. The monoisotopic (exact) mass is 198 g/mol. The molecule has 0 radical (unpaired) electrons. The predicted molar refractivity (Wildman–Crippen MR) is 57.9 cm³/mol. The minimum Gasteiger partial charge on any atom is -0.340 e. The standard InChI is InChI=1S/C11H22N2O/c1-3-4-5-11(14)13-8-10(7-12)6-9(13)2/h9-10H,3-8,12H2,1-2H3. The first-order valence-corrected chi connectivity index (χ1v) is 5.68. The Bertz CT molecular complexity index is 194. The number of hydrogen-bond donors (Lipinski definition) is 1. The molecule has 82 valence electrons. The average molecular weight is 198 g/mol. The molecule has 0 aromatic heterocycles. The number of rotatable bonds is 4. The van der Waals surface area contributed by atoms with Crippen LogP contribution in [0.3, 0.4) is 0 Å². The van der Waals surface area contributed by atoms with Crippen molar-refractivity contribution in [3.8, 4) is 0 Å². The van der Waals surface area contributed by atoms with E-state index in [0.29, 0.717) is 30.8 Å². The van der Waals surface area contributed by atoms with Gasteiger partial charge in [-0.25, -0.2) is 0 Å². The smallest absolute Gasteiger partial charge is 0.222 e. The molecule has 2 atom stereocenters. The van der Waals surface area contributed by atoms with Crippen molar-refractivity contribution < 1.29 is 4.79 Å². The van der Waals surface area contributed by atoms with Crippen molar-refractivity contribution in [1.82, 2.24) is 4.90 Å². The van der Waals surface area contributed by atoms with Crippen LogP contribution in [-0.2, 0) is 4.79 Å². The molecule has 0 bridgehead atoms. The Kier molecular flexibility index (Phi) is 4.39. The maximum absolute atomic E-state index is 11.8. The van der Waals surface area contributed by atoms with Crippen molar-refractivity contribution in [2.45, 2.75) is 45.6 Å². The highest BCUT2D eigenvalue weighted by Crippen LogP contribution is 2.23. The number of likely N-dealkylation sites (tertiary alicyclic amines) is 1. The van der Waals surface area contributed by atoms with E-state index in [9.17, 15) is 4.79 Å². The Morgan fingerprint density at radius 1 is 1.57 bits per heavy atom. The Morgan fingerprint density at radius 2 is 2.29 bits per heavy atom. The van der Waals surface area contributed by atoms with Gasteiger partial charge in [0.05, 0.1) is 0 Å². The second kappa shape index (κ2) is 5.35. The number of nitrogens with zero attached hydrogens (tertiary/aromatic N) is 1. The topological polar surface area (TPSA) is 46.3 Å². The lowest BCUT2D eigenvalue weighted by Gasteiger charge is -2.21. The van der Waals surface area contributed by atoms with Crippen molar-refractivity contribution in [1.29, 1.82) is 0 Å². The lowest BCUT2D eigenvalue weighted by Crippen LogP contribution is -2.34. The van der Waals surface area contributed by atoms with Gasteiger partial charge in [-0.2, -0.15) is 0 Å². The van der Waals surface area contributed by atoms with Gasteiger partial charge in [-0.15, -0.1) is 0 Å². The van der Waals surface area contributed by atoms with Crippen LogP contribution in [0.2, 0.25) is 0 Å². The van der Waals surface area contributed by atoms with Crippen molar-refractivity contribution in [3.05, 3.63) is 0 Å². The largest absolute Gasteiger partial charge is 0.340 e. The molecule has 2 N–H and O–H groups in total. The number of unbranched alkanes of at least 4 members (excludes halogenated alkanes) is 1. The molecule has 1 amide bonds. The highest BCUT2D eigenvalue weighted by molar-refractivity contribution is 5.76. The molecular formula is C11H22N2O. The van der Waals surface area contributed by atoms with E-state index in [0.717, 1.165) is 25.8 Å². The third kappa shape index (κ3) is 2.71. The first-order chi connectivity index (χ1) is 6.69. The molecule has 1 saturated heterocycles. The van der Waals surface area contributed by atoms with Gasteiger partial charge < -0.3 is 10.6 Å². The average Bonchev–Trinajstić information content (AvgIpc) is 2.56. The van der Waals surface area contributed by atoms with Crippen LogP contribution in [0.5, 0.6) is 0 Å². The van der Waals surface area contributed by atoms with Crippen LogP contribution in [0.25, 0.3) is 0 Å². The highest BCUT2D eigenvalue weighted by atomic mass is 16.2. The summed E-state index contributed by atoms with van der Waals surface area (Å²) in [6.07, 6.45) is 3.89. The predicted octanol–water partition coefficient (Wildman–Crippen LogP) is 1.37. The molecule has 1 rings (SSSR count). The molecule has 3 nitrogen and oxygen atoms in total. The third-order valence-electron chi connectivity index (χ3n) is 3.06. The fourth-order valence-corrected chi connectivity index (χ4v) is 2.13. The summed E-state index contributed by atoms with van der Waals surface area (Å²) in [5.41, 5.74) is 5.62. The molecule has 2 unspecified atom stereocenters. The van der Waals surface area contributed by atoms with Crippen LogP contribution in [-0.4, -0.2) is 29.9 Å². The van der Waals surface area contributed by atoms with Crippen molar-refractivity contribution >= 4 is 5.91 Å². The Hall–Kier alpha value is -0.570. The third-order valence-corrected chi connectivity index (χ3v) is 3.06. The van der Waals surface area contributed by atoms with Gasteiger partial charge >= 0.3 is 0 Å². The highest BCUT2D eigenvalue weighted by Gasteiger charge is 2.30. The van der Waals surface area contributed by atoms with Crippen LogP contribution in [0, 0.1) is 5.92 Å². The summed E-state index contributed by atoms with van der Waals surface area (Å²) in [7, 11) is 0. The number of carbonyl (C=O) groups is 1. The fraction of sp³-hybridized carbons (Fsp3) is 0.909. The molecule has 0 aromatic rings. The van der Waals surface area contributed by atoms with E-state index in [1.54, 1.807) is 0 Å². The van der Waals surface area contributed by atoms with E-state index in [2.05, 4.69) is 13.8 Å². The molecule has 0 spiro atoms. The Balaban J connectivity index is 2.40. The molecule has 1 aliphatic heterocycles. The first kappa shape index (κ1) is 11.5. The summed E-state index contributed by atoms with van der Waals surface area (Å²) in [6, 6.07) is 0.396. The molecule has 14 heavy (non-hydrogen) atoms. The zero-order chi connectivity index (χ0) is 10.6. The van der Waals surface area contributed by atoms with Crippen LogP contribution >= 0.6 is 0 Å². The number of amides is 1. The van der Waals surface area contributed by atoms with Gasteiger partial charge in [0.2, 0.25) is 5.91 Å². The summed E-state index contributed by atoms with van der Waals surface area (Å²) in [6.45, 7) is 5.82. The lowest BCUT2D eigenvalue weighted by atomic mass is 10.1. The minimum absolute atomic E-state index is 0.315. The zero-order valence-corrected chi connectivity index (χ0v) is 9.33. The van der Waals surface area contributed by atoms with Crippen LogP contribution < -0.4 is 5.73 Å². The maximum atomic E-state index is 11.8. The van der Waals surface area contributed by atoms with E-state index in [1.807, 2.05) is 4.90 Å². The summed E-state index contributed by atoms with van der Waals surface area (Å²) in [4.78, 5) is 13.8. The quantitative estimate of drug-likeness (QED) is 0.741. The van der Waals surface area contributed by atoms with Crippen molar-refractivity contribution in [2.75, 3.05) is 13.1 Å². The molecule has 3 heteroatoms. The number of carbonyl (C=O) groups excluding carboxylic acids is 1. The molecule has 0 aromatic carbocycles. The van der Waals surface area contributed by atoms with Crippen LogP contribution in [0.4, 0.5) is 0 Å². The van der Waals surface area contributed by atoms with Crippen LogP contribution in [0.1, 0.15) is 39.5 Å². The first-order valence-electron chi connectivity index (χ1n) is 5.68. The van der Waals surface area contributed by atoms with E-state index in [-0.39, 0.29) is 0 Å². The SMILES string of the molecule is CCCCC(=O)N1CC(CN)CC1C. The van der Waals surface area contributed by atoms with Gasteiger partial charge in [-0.1, -0.05) is 13.3 Å². The summed E-state index contributed by atoms with van der Waals surface area (Å²) >= 11 is 0.